The quantitative estimate of drug-likeness (QED) is 0.916. The number of hydrogen-bond donors (Lipinski definition) is 1. The number of hydrazone groups is 1. The van der Waals surface area contributed by atoms with Crippen LogP contribution < -0.4 is 10.2 Å². The predicted molar refractivity (Wildman–Crippen MR) is 102 cm³/mol. The molecular weight excluding hydrogens is 326 g/mol. The van der Waals surface area contributed by atoms with Gasteiger partial charge in [0.1, 0.15) is 12.2 Å². The van der Waals surface area contributed by atoms with Gasteiger partial charge in [-0.3, -0.25) is 5.01 Å². The summed E-state index contributed by atoms with van der Waals surface area (Å²) in [5, 5.41) is 18.9. The fourth-order valence-corrected chi connectivity index (χ4v) is 3.42. The Kier molecular flexibility index (Phi) is 4.40. The van der Waals surface area contributed by atoms with Crippen molar-refractivity contribution < 1.29 is 0 Å². The number of nitriles is 1. The second-order valence-electron chi connectivity index (χ2n) is 6.57. The van der Waals surface area contributed by atoms with Crippen molar-refractivity contribution >= 4 is 17.9 Å². The Labute approximate surface area is 153 Å². The van der Waals surface area contributed by atoms with Crippen molar-refractivity contribution in [3.63, 3.8) is 0 Å². The van der Waals surface area contributed by atoms with Crippen LogP contribution in [0.5, 0.6) is 0 Å². The molecule has 0 radical (unpaired) electrons. The van der Waals surface area contributed by atoms with E-state index in [4.69, 9.17) is 0 Å². The van der Waals surface area contributed by atoms with Crippen molar-refractivity contribution in [1.29, 1.82) is 5.26 Å². The summed E-state index contributed by atoms with van der Waals surface area (Å²) in [5.74, 6) is 0.562. The molecule has 26 heavy (non-hydrogen) atoms. The van der Waals surface area contributed by atoms with E-state index in [1.54, 1.807) is 6.20 Å². The van der Waals surface area contributed by atoms with Crippen LogP contribution in [0.1, 0.15) is 24.8 Å². The molecule has 2 aliphatic rings. The van der Waals surface area contributed by atoms with E-state index in [1.165, 1.54) is 12.8 Å². The average Bonchev–Trinajstić information content (AvgIpc) is 3.34. The fraction of sp³-hybridized carbons (Fsp3) is 0.368. The third-order valence-corrected chi connectivity index (χ3v) is 4.85. The molecule has 1 aromatic heterocycles. The van der Waals surface area contributed by atoms with Crippen LogP contribution in [0.15, 0.2) is 35.6 Å². The summed E-state index contributed by atoms with van der Waals surface area (Å²) in [4.78, 5) is 11.2. The van der Waals surface area contributed by atoms with Crippen molar-refractivity contribution in [3.05, 3.63) is 36.0 Å². The molecule has 1 N–H and O–H groups in total. The summed E-state index contributed by atoms with van der Waals surface area (Å²) < 4.78 is 0. The van der Waals surface area contributed by atoms with E-state index in [2.05, 4.69) is 31.4 Å². The van der Waals surface area contributed by atoms with Gasteiger partial charge in [-0.2, -0.15) is 10.4 Å². The third-order valence-electron chi connectivity index (χ3n) is 4.85. The summed E-state index contributed by atoms with van der Waals surface area (Å²) in [6, 6.07) is 10.2. The first-order chi connectivity index (χ1) is 12.7. The van der Waals surface area contributed by atoms with Crippen LogP contribution in [0.4, 0.5) is 11.6 Å². The lowest BCUT2D eigenvalue weighted by atomic mass is 10.1. The molecule has 1 fully saturated rings. The smallest absolute Gasteiger partial charge is 0.224 e. The first-order valence-electron chi connectivity index (χ1n) is 8.89. The number of anilines is 2. The summed E-state index contributed by atoms with van der Waals surface area (Å²) in [6.07, 6.45) is 6.86. The largest absolute Gasteiger partial charge is 0.370 e. The van der Waals surface area contributed by atoms with E-state index in [9.17, 15) is 5.26 Å². The predicted octanol–water partition coefficient (Wildman–Crippen LogP) is 2.67. The standard InChI is InChI=1S/C19H21N7/c1-25-18(7-9-22-25)24-19-21-8-6-16(23-19)14-4-5-17(15(12-14)13-20)26-10-2-3-11-26/h4-6,8-9,12,18H,2-3,7,10-11H2,1H3,(H,21,23,24). The molecule has 2 aromatic rings. The molecule has 0 saturated carbocycles. The average molecular weight is 347 g/mol. The Morgan fingerprint density at radius 3 is 2.81 bits per heavy atom. The minimum Gasteiger partial charge on any atom is -0.370 e. The zero-order valence-corrected chi connectivity index (χ0v) is 14.8. The summed E-state index contributed by atoms with van der Waals surface area (Å²) in [7, 11) is 1.92. The molecule has 0 amide bonds. The number of aromatic nitrogens is 2. The van der Waals surface area contributed by atoms with Gasteiger partial charge in [0.15, 0.2) is 0 Å². The number of rotatable bonds is 4. The van der Waals surface area contributed by atoms with Crippen molar-refractivity contribution in [2.75, 3.05) is 30.4 Å². The van der Waals surface area contributed by atoms with Gasteiger partial charge in [0.2, 0.25) is 5.95 Å². The molecule has 0 aliphatic carbocycles. The van der Waals surface area contributed by atoms with Crippen molar-refractivity contribution in [1.82, 2.24) is 15.0 Å². The number of nitrogens with zero attached hydrogens (tertiary/aromatic N) is 6. The zero-order chi connectivity index (χ0) is 17.9. The number of hydrogen-bond acceptors (Lipinski definition) is 7. The van der Waals surface area contributed by atoms with Crippen LogP contribution in [0.2, 0.25) is 0 Å². The van der Waals surface area contributed by atoms with Gasteiger partial charge in [-0.1, -0.05) is 6.07 Å². The van der Waals surface area contributed by atoms with E-state index >= 15 is 0 Å². The van der Waals surface area contributed by atoms with Gasteiger partial charge in [-0.15, -0.1) is 0 Å². The first kappa shape index (κ1) is 16.3. The maximum Gasteiger partial charge on any atom is 0.224 e. The van der Waals surface area contributed by atoms with Crippen LogP contribution in [0, 0.1) is 11.3 Å². The van der Waals surface area contributed by atoms with Crippen molar-refractivity contribution in [2.45, 2.75) is 25.4 Å². The lowest BCUT2D eigenvalue weighted by Crippen LogP contribution is -2.31. The molecule has 132 valence electrons. The normalized spacial score (nSPS) is 19.0. The number of nitrogens with one attached hydrogen (secondary N) is 1. The highest BCUT2D eigenvalue weighted by Crippen LogP contribution is 2.29. The van der Waals surface area contributed by atoms with Crippen molar-refractivity contribution in [3.8, 4) is 17.3 Å². The SMILES string of the molecule is CN1N=CCC1Nc1nccc(-c2ccc(N3CCCC3)c(C#N)c2)n1. The zero-order valence-electron chi connectivity index (χ0n) is 14.8. The molecule has 1 unspecified atom stereocenters. The van der Waals surface area contributed by atoms with Gasteiger partial charge in [0.25, 0.3) is 0 Å². The Balaban J connectivity index is 1.59. The maximum atomic E-state index is 9.58. The molecule has 4 rings (SSSR count). The van der Waals surface area contributed by atoms with Crippen molar-refractivity contribution in [2.24, 2.45) is 5.10 Å². The second kappa shape index (κ2) is 7.00. The topological polar surface area (TPSA) is 80.4 Å². The highest BCUT2D eigenvalue weighted by molar-refractivity contribution is 5.70. The summed E-state index contributed by atoms with van der Waals surface area (Å²) in [6.45, 7) is 2.04. The first-order valence-corrected chi connectivity index (χ1v) is 8.89. The number of benzene rings is 1. The fourth-order valence-electron chi connectivity index (χ4n) is 3.42. The van der Waals surface area contributed by atoms with Gasteiger partial charge in [-0.25, -0.2) is 9.97 Å². The second-order valence-corrected chi connectivity index (χ2v) is 6.57. The Morgan fingerprint density at radius 2 is 2.08 bits per heavy atom. The van der Waals surface area contributed by atoms with Crippen LogP contribution in [-0.2, 0) is 0 Å². The van der Waals surface area contributed by atoms with Crippen LogP contribution in [-0.4, -0.2) is 47.5 Å². The summed E-state index contributed by atoms with van der Waals surface area (Å²) >= 11 is 0. The van der Waals surface area contributed by atoms with Gasteiger partial charge in [0.05, 0.1) is 16.9 Å². The molecule has 0 bridgehead atoms. The lowest BCUT2D eigenvalue weighted by molar-refractivity contribution is 0.310. The monoisotopic (exact) mass is 347 g/mol. The molecular formula is C19H21N7. The highest BCUT2D eigenvalue weighted by Gasteiger charge is 2.19. The van der Waals surface area contributed by atoms with E-state index in [0.717, 1.165) is 36.5 Å². The van der Waals surface area contributed by atoms with Gasteiger partial charge >= 0.3 is 0 Å². The van der Waals surface area contributed by atoms with Crippen LogP contribution in [0.3, 0.4) is 0 Å². The van der Waals surface area contributed by atoms with Gasteiger partial charge in [-0.05, 0) is 31.0 Å². The molecule has 2 aliphatic heterocycles. The van der Waals surface area contributed by atoms with E-state index < -0.39 is 0 Å². The van der Waals surface area contributed by atoms with Crippen LogP contribution in [0.25, 0.3) is 11.3 Å². The molecule has 3 heterocycles. The van der Waals surface area contributed by atoms with Crippen LogP contribution >= 0.6 is 0 Å². The Hall–Kier alpha value is -3.14. The minimum atomic E-state index is 0.0671. The van der Waals surface area contributed by atoms with E-state index in [1.807, 2.05) is 42.5 Å². The lowest BCUT2D eigenvalue weighted by Gasteiger charge is -2.20. The molecule has 0 spiro atoms. The maximum absolute atomic E-state index is 9.58. The molecule has 1 aromatic carbocycles. The summed E-state index contributed by atoms with van der Waals surface area (Å²) in [5.41, 5.74) is 3.44. The molecule has 7 heteroatoms. The van der Waals surface area contributed by atoms with E-state index in [-0.39, 0.29) is 6.17 Å². The molecule has 1 atom stereocenters. The Morgan fingerprint density at radius 1 is 1.23 bits per heavy atom. The minimum absolute atomic E-state index is 0.0671. The molecule has 1 saturated heterocycles. The van der Waals surface area contributed by atoms with Gasteiger partial charge < -0.3 is 10.2 Å². The Bertz CT molecular complexity index is 864. The highest BCUT2D eigenvalue weighted by atomic mass is 15.5. The third kappa shape index (κ3) is 3.18. The van der Waals surface area contributed by atoms with E-state index in [0.29, 0.717) is 11.5 Å². The van der Waals surface area contributed by atoms with Gasteiger partial charge in [0, 0.05) is 44.5 Å². The molecule has 7 nitrogen and oxygen atoms in total.